The fraction of sp³-hybridized carbons (Fsp3) is 0.833. The van der Waals surface area contributed by atoms with Crippen molar-refractivity contribution in [2.45, 2.75) is 38.7 Å². The smallest absolute Gasteiger partial charge is 0.328 e. The molecule has 1 N–H and O–H groups in total. The Labute approximate surface area is 104 Å². The molecule has 2 rings (SSSR count). The molecule has 0 heterocycles. The molecule has 2 unspecified atom stereocenters. The summed E-state index contributed by atoms with van der Waals surface area (Å²) in [7, 11) is 0. The Kier molecular flexibility index (Phi) is 3.29. The van der Waals surface area contributed by atoms with Crippen molar-refractivity contribution >= 4 is 11.9 Å². The molecule has 0 bridgehead atoms. The Morgan fingerprint density at radius 3 is 2.39 bits per heavy atom. The lowest BCUT2D eigenvalue weighted by atomic mass is 9.93. The van der Waals surface area contributed by atoms with E-state index < -0.39 is 29.8 Å². The third-order valence-corrected chi connectivity index (χ3v) is 3.85. The molecule has 2 aliphatic carbocycles. The van der Waals surface area contributed by atoms with Gasteiger partial charge >= 0.3 is 5.97 Å². The van der Waals surface area contributed by atoms with Gasteiger partial charge in [0.1, 0.15) is 6.04 Å². The molecule has 4 nitrogen and oxygen atoms in total. The van der Waals surface area contributed by atoms with Crippen molar-refractivity contribution in [3.63, 3.8) is 0 Å². The first kappa shape index (κ1) is 13.2. The van der Waals surface area contributed by atoms with E-state index >= 15 is 0 Å². The molecule has 0 aromatic carbocycles. The van der Waals surface area contributed by atoms with E-state index in [9.17, 15) is 18.4 Å². The molecular weight excluding hydrogens is 244 g/mol. The van der Waals surface area contributed by atoms with E-state index in [2.05, 4.69) is 5.32 Å². The monoisotopic (exact) mass is 261 g/mol. The maximum atomic E-state index is 13.1. The highest BCUT2D eigenvalue weighted by atomic mass is 19.3. The Hall–Kier alpha value is -1.20. The lowest BCUT2D eigenvalue weighted by Gasteiger charge is -2.24. The number of hydrogen-bond donors (Lipinski definition) is 1. The summed E-state index contributed by atoms with van der Waals surface area (Å²) in [5, 5.41) is 2.52. The van der Waals surface area contributed by atoms with E-state index in [-0.39, 0.29) is 31.3 Å². The summed E-state index contributed by atoms with van der Waals surface area (Å²) in [5.74, 6) is -4.90. The first-order valence-electron chi connectivity index (χ1n) is 6.19. The summed E-state index contributed by atoms with van der Waals surface area (Å²) in [5.41, 5.74) is 0. The SMILES string of the molecule is CCOC(=O)C(NC(C)=O)C1C[C@@H]2[C@H](C1)C2(F)F. The summed E-state index contributed by atoms with van der Waals surface area (Å²) in [6.07, 6.45) is 0.558. The molecule has 18 heavy (non-hydrogen) atoms. The van der Waals surface area contributed by atoms with Gasteiger partial charge in [-0.3, -0.25) is 4.79 Å². The molecule has 0 aliphatic heterocycles. The maximum Gasteiger partial charge on any atom is 0.328 e. The van der Waals surface area contributed by atoms with Gasteiger partial charge in [-0.15, -0.1) is 0 Å². The average Bonchev–Trinajstić information content (AvgIpc) is 2.67. The van der Waals surface area contributed by atoms with E-state index in [1.165, 1.54) is 6.92 Å². The number of alkyl halides is 2. The van der Waals surface area contributed by atoms with Crippen LogP contribution in [0, 0.1) is 17.8 Å². The molecule has 2 saturated carbocycles. The minimum Gasteiger partial charge on any atom is -0.464 e. The van der Waals surface area contributed by atoms with E-state index in [0.717, 1.165) is 0 Å². The number of hydrogen-bond acceptors (Lipinski definition) is 3. The van der Waals surface area contributed by atoms with Crippen LogP contribution >= 0.6 is 0 Å². The minimum atomic E-state index is -2.56. The molecule has 102 valence electrons. The van der Waals surface area contributed by atoms with Crippen molar-refractivity contribution in [3.05, 3.63) is 0 Å². The topological polar surface area (TPSA) is 55.4 Å². The molecule has 0 aromatic rings. The van der Waals surface area contributed by atoms with Crippen molar-refractivity contribution in [1.29, 1.82) is 0 Å². The van der Waals surface area contributed by atoms with Gasteiger partial charge < -0.3 is 10.1 Å². The maximum absolute atomic E-state index is 13.1. The number of esters is 1. The van der Waals surface area contributed by atoms with Crippen LogP contribution in [0.5, 0.6) is 0 Å². The summed E-state index contributed by atoms with van der Waals surface area (Å²) < 4.78 is 31.1. The van der Waals surface area contributed by atoms with Crippen LogP contribution in [0.25, 0.3) is 0 Å². The third kappa shape index (κ3) is 2.20. The fourth-order valence-corrected chi connectivity index (χ4v) is 2.94. The Morgan fingerprint density at radius 2 is 1.94 bits per heavy atom. The van der Waals surface area contributed by atoms with Crippen LogP contribution in [-0.2, 0) is 14.3 Å². The van der Waals surface area contributed by atoms with Crippen molar-refractivity contribution in [2.75, 3.05) is 6.61 Å². The van der Waals surface area contributed by atoms with Crippen LogP contribution in [0.4, 0.5) is 8.78 Å². The molecule has 1 amide bonds. The van der Waals surface area contributed by atoms with E-state index in [4.69, 9.17) is 4.74 Å². The van der Waals surface area contributed by atoms with Gasteiger partial charge in [-0.25, -0.2) is 13.6 Å². The average molecular weight is 261 g/mol. The van der Waals surface area contributed by atoms with E-state index in [1.807, 2.05) is 0 Å². The first-order chi connectivity index (χ1) is 8.37. The summed E-state index contributed by atoms with van der Waals surface area (Å²) >= 11 is 0. The number of nitrogens with one attached hydrogen (secondary N) is 1. The highest BCUT2D eigenvalue weighted by Gasteiger charge is 2.72. The normalized spacial score (nSPS) is 33.4. The molecular formula is C12H17F2NO3. The molecule has 0 aromatic heterocycles. The van der Waals surface area contributed by atoms with Crippen molar-refractivity contribution in [3.8, 4) is 0 Å². The molecule has 0 radical (unpaired) electrons. The Balaban J connectivity index is 1.98. The number of carbonyl (C=O) groups excluding carboxylic acids is 2. The van der Waals surface area contributed by atoms with Crippen LogP contribution in [0.15, 0.2) is 0 Å². The highest BCUT2D eigenvalue weighted by molar-refractivity contribution is 5.83. The number of carbonyl (C=O) groups is 2. The van der Waals surface area contributed by atoms with E-state index in [1.54, 1.807) is 6.92 Å². The van der Waals surface area contributed by atoms with Gasteiger partial charge in [0.15, 0.2) is 0 Å². The molecule has 0 saturated heterocycles. The van der Waals surface area contributed by atoms with Gasteiger partial charge in [-0.2, -0.15) is 0 Å². The van der Waals surface area contributed by atoms with Gasteiger partial charge in [0, 0.05) is 18.8 Å². The van der Waals surface area contributed by atoms with Crippen LogP contribution < -0.4 is 5.32 Å². The largest absolute Gasteiger partial charge is 0.464 e. The van der Waals surface area contributed by atoms with Crippen molar-refractivity contribution < 1.29 is 23.1 Å². The molecule has 2 fully saturated rings. The van der Waals surface area contributed by atoms with Crippen LogP contribution in [0.3, 0.4) is 0 Å². The fourth-order valence-electron chi connectivity index (χ4n) is 2.94. The van der Waals surface area contributed by atoms with E-state index in [0.29, 0.717) is 0 Å². The zero-order valence-electron chi connectivity index (χ0n) is 10.4. The zero-order chi connectivity index (χ0) is 13.5. The number of rotatable bonds is 4. The highest BCUT2D eigenvalue weighted by Crippen LogP contribution is 2.66. The van der Waals surface area contributed by atoms with Crippen LogP contribution in [0.1, 0.15) is 26.7 Å². The minimum absolute atomic E-state index is 0.213. The second-order valence-electron chi connectivity index (χ2n) is 5.05. The first-order valence-corrected chi connectivity index (χ1v) is 6.19. The quantitative estimate of drug-likeness (QED) is 0.777. The molecule has 2 aliphatic rings. The Morgan fingerprint density at radius 1 is 1.39 bits per heavy atom. The standard InChI is InChI=1S/C12H17F2NO3/c1-3-18-11(17)10(15-6(2)16)7-4-8-9(5-7)12(8,13)14/h7-10H,3-5H2,1-2H3,(H,15,16)/t7?,8-,9+,10?. The second-order valence-corrected chi connectivity index (χ2v) is 5.05. The molecule has 0 spiro atoms. The van der Waals surface area contributed by atoms with Gasteiger partial charge in [0.05, 0.1) is 6.61 Å². The summed E-state index contributed by atoms with van der Waals surface area (Å²) in [4.78, 5) is 22.8. The number of amides is 1. The number of halogens is 2. The molecule has 4 atom stereocenters. The van der Waals surface area contributed by atoms with Gasteiger partial charge in [0.2, 0.25) is 5.91 Å². The predicted octanol–water partition coefficient (Wildman–Crippen LogP) is 1.35. The van der Waals surface area contributed by atoms with Gasteiger partial charge in [-0.1, -0.05) is 0 Å². The Bertz CT molecular complexity index is 358. The summed E-state index contributed by atoms with van der Waals surface area (Å²) in [6, 6.07) is -0.786. The zero-order valence-corrected chi connectivity index (χ0v) is 10.4. The van der Waals surface area contributed by atoms with Crippen LogP contribution in [-0.4, -0.2) is 30.4 Å². The molecule has 6 heteroatoms. The third-order valence-electron chi connectivity index (χ3n) is 3.85. The summed E-state index contributed by atoms with van der Waals surface area (Å²) in [6.45, 7) is 3.18. The van der Waals surface area contributed by atoms with Crippen LogP contribution in [0.2, 0.25) is 0 Å². The lowest BCUT2D eigenvalue weighted by molar-refractivity contribution is -0.149. The van der Waals surface area contributed by atoms with Gasteiger partial charge in [0.25, 0.3) is 5.92 Å². The predicted molar refractivity (Wildman–Crippen MR) is 58.9 cm³/mol. The van der Waals surface area contributed by atoms with Gasteiger partial charge in [-0.05, 0) is 25.7 Å². The van der Waals surface area contributed by atoms with Crippen molar-refractivity contribution in [2.24, 2.45) is 17.8 Å². The van der Waals surface area contributed by atoms with Crippen molar-refractivity contribution in [1.82, 2.24) is 5.32 Å². The lowest BCUT2D eigenvalue weighted by Crippen LogP contribution is -2.46. The number of ether oxygens (including phenoxy) is 1. The second kappa shape index (κ2) is 4.48. The number of fused-ring (bicyclic) bond motifs is 1.